The first-order valence-electron chi connectivity index (χ1n) is 5.95. The van der Waals surface area contributed by atoms with Gasteiger partial charge in [0.15, 0.2) is 0 Å². The van der Waals surface area contributed by atoms with Crippen LogP contribution in [-0.2, 0) is 20.2 Å². The van der Waals surface area contributed by atoms with Crippen LogP contribution in [0.1, 0.15) is 16.8 Å². The normalized spacial score (nSPS) is 12.6. The zero-order valence-electron chi connectivity index (χ0n) is 11.8. The second-order valence-corrected chi connectivity index (χ2v) is 7.69. The molecule has 0 aromatic heterocycles. The molecule has 0 fully saturated rings. The molecule has 1 aromatic rings. The first-order chi connectivity index (χ1) is 11.2. The number of carboxylic acid groups (broad SMARTS) is 1. The Hall–Kier alpha value is -2.39. The first-order valence-corrected chi connectivity index (χ1v) is 8.97. The zero-order chi connectivity index (χ0) is 19.6. The highest BCUT2D eigenvalue weighted by molar-refractivity contribution is 7.88. The van der Waals surface area contributed by atoms with E-state index in [9.17, 15) is 40.5 Å². The van der Waals surface area contributed by atoms with Crippen LogP contribution in [0.4, 0.5) is 14.5 Å². The van der Waals surface area contributed by atoms with E-state index in [1.54, 1.807) is 0 Å². The number of nitro groups is 1. The summed E-state index contributed by atoms with van der Waals surface area (Å²) in [7, 11) is -10.8. The Morgan fingerprint density at radius 1 is 1.28 bits per heavy atom. The fraction of sp³-hybridized carbons (Fsp3) is 0.300. The molecule has 0 heterocycles. The number of rotatable bonds is 8. The van der Waals surface area contributed by atoms with Crippen LogP contribution < -0.4 is 4.18 Å². The molecule has 15 heteroatoms. The lowest BCUT2D eigenvalue weighted by molar-refractivity contribution is -0.385. The van der Waals surface area contributed by atoms with Crippen molar-refractivity contribution in [1.82, 2.24) is 0 Å². The monoisotopic (exact) mass is 405 g/mol. The molecule has 0 aliphatic heterocycles. The number of nitro benzene ring substituents is 1. The van der Waals surface area contributed by atoms with Crippen molar-refractivity contribution < 1.29 is 49.2 Å². The standard InChI is InChI=1S/C10H9F2NO10S2/c11-10(12,25(20,21)22)3-4-24(18,19)23-8-2-1-6(9(14)15)5-7(8)13(16)17/h1-2,5H,3-4H2,(H,14,15)(H,20,21,22). The van der Waals surface area contributed by atoms with Gasteiger partial charge in [0.05, 0.1) is 16.2 Å². The predicted octanol–water partition coefficient (Wildman–Crippen LogP) is 0.872. The van der Waals surface area contributed by atoms with E-state index in [0.717, 1.165) is 6.07 Å². The molecule has 0 saturated heterocycles. The molecule has 0 amide bonds. The highest BCUT2D eigenvalue weighted by atomic mass is 32.2. The molecule has 0 unspecified atom stereocenters. The fourth-order valence-corrected chi connectivity index (χ4v) is 2.91. The van der Waals surface area contributed by atoms with Crippen molar-refractivity contribution in [2.24, 2.45) is 0 Å². The van der Waals surface area contributed by atoms with Crippen LogP contribution in [0.3, 0.4) is 0 Å². The van der Waals surface area contributed by atoms with Gasteiger partial charge in [-0.15, -0.1) is 0 Å². The van der Waals surface area contributed by atoms with Gasteiger partial charge in [-0.2, -0.15) is 25.6 Å². The van der Waals surface area contributed by atoms with E-state index in [1.165, 1.54) is 0 Å². The minimum atomic E-state index is -5.86. The molecule has 2 N–H and O–H groups in total. The summed E-state index contributed by atoms with van der Waals surface area (Å²) in [6.07, 6.45) is -1.87. The van der Waals surface area contributed by atoms with E-state index in [1.807, 2.05) is 0 Å². The third-order valence-electron chi connectivity index (χ3n) is 2.64. The number of hydrogen-bond donors (Lipinski definition) is 2. The van der Waals surface area contributed by atoms with Crippen LogP contribution in [0.15, 0.2) is 18.2 Å². The summed E-state index contributed by atoms with van der Waals surface area (Å²) >= 11 is 0. The van der Waals surface area contributed by atoms with Crippen LogP contribution in [0, 0.1) is 10.1 Å². The van der Waals surface area contributed by atoms with Gasteiger partial charge in [0.1, 0.15) is 0 Å². The summed E-state index contributed by atoms with van der Waals surface area (Å²) in [5.41, 5.74) is -1.63. The smallest absolute Gasteiger partial charge is 0.371 e. The largest absolute Gasteiger partial charge is 0.478 e. The van der Waals surface area contributed by atoms with Crippen LogP contribution in [-0.4, -0.2) is 48.4 Å². The van der Waals surface area contributed by atoms with E-state index in [0.29, 0.717) is 12.1 Å². The second-order valence-electron chi connectivity index (χ2n) is 4.45. The molecule has 25 heavy (non-hydrogen) atoms. The Bertz CT molecular complexity index is 910. The summed E-state index contributed by atoms with van der Waals surface area (Å²) in [5.74, 6) is -4.10. The van der Waals surface area contributed by atoms with Crippen LogP contribution >= 0.6 is 0 Å². The van der Waals surface area contributed by atoms with E-state index < -0.39 is 65.6 Å². The number of alkyl halides is 2. The summed E-state index contributed by atoms with van der Waals surface area (Å²) in [4.78, 5) is 20.4. The lowest BCUT2D eigenvalue weighted by Crippen LogP contribution is -2.31. The molecule has 0 bridgehead atoms. The summed E-state index contributed by atoms with van der Waals surface area (Å²) in [5, 5.41) is 14.8. The van der Waals surface area contributed by atoms with Gasteiger partial charge in [0.25, 0.3) is 0 Å². The lowest BCUT2D eigenvalue weighted by atomic mass is 10.2. The molecule has 11 nitrogen and oxygen atoms in total. The molecule has 1 rings (SSSR count). The highest BCUT2D eigenvalue weighted by Crippen LogP contribution is 2.31. The van der Waals surface area contributed by atoms with Gasteiger partial charge in [-0.25, -0.2) is 4.79 Å². The van der Waals surface area contributed by atoms with Crippen LogP contribution in [0.2, 0.25) is 0 Å². The minimum Gasteiger partial charge on any atom is -0.478 e. The maximum atomic E-state index is 13.0. The van der Waals surface area contributed by atoms with Crippen molar-refractivity contribution in [2.75, 3.05) is 5.75 Å². The highest BCUT2D eigenvalue weighted by Gasteiger charge is 2.45. The third-order valence-corrected chi connectivity index (χ3v) is 4.74. The number of carboxylic acids is 1. The lowest BCUT2D eigenvalue weighted by Gasteiger charge is -2.13. The Morgan fingerprint density at radius 2 is 1.84 bits per heavy atom. The molecule has 0 spiro atoms. The molecule has 140 valence electrons. The quantitative estimate of drug-likeness (QED) is 0.273. The molecule has 0 aliphatic rings. The van der Waals surface area contributed by atoms with Crippen molar-refractivity contribution in [3.8, 4) is 5.75 Å². The Morgan fingerprint density at radius 3 is 2.28 bits per heavy atom. The molecule has 0 aliphatic carbocycles. The number of aromatic carboxylic acids is 1. The van der Waals surface area contributed by atoms with Gasteiger partial charge in [0.2, 0.25) is 5.75 Å². The predicted molar refractivity (Wildman–Crippen MR) is 75.6 cm³/mol. The average Bonchev–Trinajstić information content (AvgIpc) is 2.43. The van der Waals surface area contributed by atoms with Gasteiger partial charge in [-0.1, -0.05) is 0 Å². The number of halogens is 2. The maximum Gasteiger partial charge on any atom is 0.371 e. The van der Waals surface area contributed by atoms with Crippen molar-refractivity contribution >= 4 is 31.9 Å². The Labute approximate surface area is 138 Å². The van der Waals surface area contributed by atoms with E-state index in [2.05, 4.69) is 4.18 Å². The van der Waals surface area contributed by atoms with Gasteiger partial charge < -0.3 is 9.29 Å². The van der Waals surface area contributed by atoms with Crippen LogP contribution in [0.25, 0.3) is 0 Å². The summed E-state index contributed by atoms with van der Waals surface area (Å²) in [6, 6.07) is 1.88. The SMILES string of the molecule is O=C(O)c1ccc(OS(=O)(=O)CCC(F)(F)S(=O)(=O)O)c([N+](=O)[O-])c1. The average molecular weight is 405 g/mol. The second kappa shape index (κ2) is 6.85. The molecule has 0 radical (unpaired) electrons. The maximum absolute atomic E-state index is 13.0. The number of benzene rings is 1. The molecular weight excluding hydrogens is 396 g/mol. The molecule has 1 aromatic carbocycles. The van der Waals surface area contributed by atoms with E-state index in [-0.39, 0.29) is 0 Å². The third kappa shape index (κ3) is 5.30. The number of nitrogens with zero attached hydrogens (tertiary/aromatic N) is 1. The van der Waals surface area contributed by atoms with Crippen molar-refractivity contribution in [3.05, 3.63) is 33.9 Å². The Balaban J connectivity index is 3.08. The van der Waals surface area contributed by atoms with Gasteiger partial charge in [0, 0.05) is 12.5 Å². The number of carbonyl (C=O) groups is 1. The van der Waals surface area contributed by atoms with Gasteiger partial charge >= 0.3 is 37.1 Å². The summed E-state index contributed by atoms with van der Waals surface area (Å²) < 4.78 is 82.6. The van der Waals surface area contributed by atoms with Crippen LogP contribution in [0.5, 0.6) is 5.75 Å². The van der Waals surface area contributed by atoms with Crippen molar-refractivity contribution in [3.63, 3.8) is 0 Å². The fourth-order valence-electron chi connectivity index (χ4n) is 1.41. The molecular formula is C10H9F2NO10S2. The van der Waals surface area contributed by atoms with Gasteiger partial charge in [-0.3, -0.25) is 14.7 Å². The van der Waals surface area contributed by atoms with Gasteiger partial charge in [-0.05, 0) is 12.1 Å². The minimum absolute atomic E-state index is 0.486. The Kier molecular flexibility index (Phi) is 5.66. The van der Waals surface area contributed by atoms with E-state index in [4.69, 9.17) is 9.66 Å². The first kappa shape index (κ1) is 20.7. The van der Waals surface area contributed by atoms with Crippen molar-refractivity contribution in [2.45, 2.75) is 11.7 Å². The number of hydrogen-bond acceptors (Lipinski definition) is 8. The zero-order valence-corrected chi connectivity index (χ0v) is 13.5. The molecule has 0 saturated carbocycles. The summed E-state index contributed by atoms with van der Waals surface area (Å²) in [6.45, 7) is 0. The topological polar surface area (TPSA) is 178 Å². The van der Waals surface area contributed by atoms with Crippen molar-refractivity contribution in [1.29, 1.82) is 0 Å². The molecule has 0 atom stereocenters. The van der Waals surface area contributed by atoms with E-state index >= 15 is 0 Å².